The van der Waals surface area contributed by atoms with Crippen molar-refractivity contribution in [3.05, 3.63) is 29.7 Å². The van der Waals surface area contributed by atoms with Crippen molar-refractivity contribution < 1.29 is 19.0 Å². The van der Waals surface area contributed by atoms with Gasteiger partial charge >= 0.3 is 5.97 Å². The number of aryl methyl sites for hydroxylation is 1. The summed E-state index contributed by atoms with van der Waals surface area (Å²) in [5.74, 6) is 0.923. The molecule has 3 aromatic rings. The number of imidazole rings is 1. The average Bonchev–Trinajstić information content (AvgIpc) is 3.07. The van der Waals surface area contributed by atoms with Crippen LogP contribution in [-0.2, 0) is 4.74 Å². The van der Waals surface area contributed by atoms with E-state index in [-0.39, 0.29) is 6.79 Å². The molecule has 4 rings (SSSR count). The molecular weight excluding hydrogens is 286 g/mol. The third kappa shape index (κ3) is 1.71. The molecule has 0 atom stereocenters. The lowest BCUT2D eigenvalue weighted by Crippen LogP contribution is -2.10. The monoisotopic (exact) mass is 299 g/mol. The Morgan fingerprint density at radius 1 is 1.36 bits per heavy atom. The number of nitrogens with zero attached hydrogens (tertiary/aromatic N) is 3. The number of aromatic nitrogens is 3. The van der Waals surface area contributed by atoms with E-state index >= 15 is 0 Å². The fourth-order valence-electron chi connectivity index (χ4n) is 2.62. The lowest BCUT2D eigenvalue weighted by atomic mass is 10.2. The van der Waals surface area contributed by atoms with E-state index in [9.17, 15) is 4.79 Å². The highest BCUT2D eigenvalue weighted by molar-refractivity contribution is 5.98. The zero-order chi connectivity index (χ0) is 15.3. The molecule has 2 aromatic heterocycles. The minimum atomic E-state index is -0.430. The lowest BCUT2D eigenvalue weighted by Gasteiger charge is -2.04. The molecular formula is C15H13N3O4. The normalized spacial score (nSPS) is 13.0. The third-order valence-electron chi connectivity index (χ3n) is 3.60. The molecule has 1 aliphatic rings. The zero-order valence-electron chi connectivity index (χ0n) is 12.1. The third-order valence-corrected chi connectivity index (χ3v) is 3.60. The fraction of sp³-hybridized carbons (Fsp3) is 0.267. The zero-order valence-corrected chi connectivity index (χ0v) is 12.1. The first-order valence-electron chi connectivity index (χ1n) is 6.94. The lowest BCUT2D eigenvalue weighted by molar-refractivity contribution is 0.0516. The van der Waals surface area contributed by atoms with Crippen molar-refractivity contribution in [1.82, 2.24) is 14.6 Å². The van der Waals surface area contributed by atoms with Gasteiger partial charge in [0.05, 0.1) is 18.5 Å². The summed E-state index contributed by atoms with van der Waals surface area (Å²) < 4.78 is 17.4. The van der Waals surface area contributed by atoms with Gasteiger partial charge in [0.2, 0.25) is 6.79 Å². The van der Waals surface area contributed by atoms with Crippen LogP contribution >= 0.6 is 0 Å². The van der Waals surface area contributed by atoms with Gasteiger partial charge in [0, 0.05) is 10.8 Å². The van der Waals surface area contributed by atoms with Crippen LogP contribution < -0.4 is 9.47 Å². The summed E-state index contributed by atoms with van der Waals surface area (Å²) in [6.45, 7) is 4.04. The molecule has 0 bridgehead atoms. The number of benzene rings is 1. The van der Waals surface area contributed by atoms with Gasteiger partial charge in [-0.05, 0) is 26.0 Å². The summed E-state index contributed by atoms with van der Waals surface area (Å²) in [5, 5.41) is 6.03. The summed E-state index contributed by atoms with van der Waals surface area (Å²) in [4.78, 5) is 16.6. The fourth-order valence-corrected chi connectivity index (χ4v) is 2.62. The molecule has 0 N–H and O–H groups in total. The van der Waals surface area contributed by atoms with Crippen molar-refractivity contribution in [2.45, 2.75) is 13.8 Å². The Morgan fingerprint density at radius 2 is 2.14 bits per heavy atom. The van der Waals surface area contributed by atoms with Crippen molar-refractivity contribution in [2.75, 3.05) is 13.4 Å². The Morgan fingerprint density at radius 3 is 2.91 bits per heavy atom. The van der Waals surface area contributed by atoms with Crippen molar-refractivity contribution in [2.24, 2.45) is 0 Å². The molecule has 3 heterocycles. The number of esters is 1. The maximum atomic E-state index is 12.1. The maximum Gasteiger partial charge on any atom is 0.358 e. The summed E-state index contributed by atoms with van der Waals surface area (Å²) in [5.41, 5.74) is 1.52. The van der Waals surface area contributed by atoms with E-state index in [0.717, 1.165) is 10.8 Å². The average molecular weight is 299 g/mol. The molecule has 1 aliphatic heterocycles. The molecule has 0 unspecified atom stereocenters. The Kier molecular flexibility index (Phi) is 2.69. The second-order valence-electron chi connectivity index (χ2n) is 4.94. The predicted octanol–water partition coefficient (Wildman–Crippen LogP) is 2.10. The molecule has 7 heteroatoms. The summed E-state index contributed by atoms with van der Waals surface area (Å²) in [6.07, 6.45) is 1.67. The number of ether oxygens (including phenoxy) is 3. The van der Waals surface area contributed by atoms with Gasteiger partial charge in [-0.25, -0.2) is 14.3 Å². The molecule has 0 fully saturated rings. The van der Waals surface area contributed by atoms with Gasteiger partial charge in [0.15, 0.2) is 22.8 Å². The smallest absolute Gasteiger partial charge is 0.358 e. The minimum Gasteiger partial charge on any atom is -0.461 e. The molecule has 0 aliphatic carbocycles. The Balaban J connectivity index is 2.01. The predicted molar refractivity (Wildman–Crippen MR) is 77.3 cm³/mol. The first-order chi connectivity index (χ1) is 10.7. The van der Waals surface area contributed by atoms with E-state index in [1.807, 2.05) is 12.1 Å². The van der Waals surface area contributed by atoms with Gasteiger partial charge in [0.1, 0.15) is 0 Å². The Labute approximate surface area is 125 Å². The number of hydrogen-bond acceptors (Lipinski definition) is 6. The maximum absolute atomic E-state index is 12.1. The minimum absolute atomic E-state index is 0.205. The molecule has 112 valence electrons. The van der Waals surface area contributed by atoms with E-state index in [2.05, 4.69) is 10.1 Å². The van der Waals surface area contributed by atoms with Crippen LogP contribution in [0, 0.1) is 6.92 Å². The Bertz CT molecular complexity index is 916. The number of rotatable bonds is 2. The molecule has 0 radical (unpaired) electrons. The SMILES string of the molecule is CCOC(=O)c1c(C)nc2c3cc4c(cc3cnn12)OCO4. The van der Waals surface area contributed by atoms with E-state index in [4.69, 9.17) is 14.2 Å². The van der Waals surface area contributed by atoms with Crippen molar-refractivity contribution in [1.29, 1.82) is 0 Å². The summed E-state index contributed by atoms with van der Waals surface area (Å²) in [6, 6.07) is 3.72. The van der Waals surface area contributed by atoms with Crippen LogP contribution in [0.1, 0.15) is 23.1 Å². The first kappa shape index (κ1) is 12.9. The first-order valence-corrected chi connectivity index (χ1v) is 6.94. The highest BCUT2D eigenvalue weighted by Crippen LogP contribution is 2.37. The van der Waals surface area contributed by atoms with Gasteiger partial charge < -0.3 is 14.2 Å². The quantitative estimate of drug-likeness (QED) is 0.675. The van der Waals surface area contributed by atoms with Crippen molar-refractivity contribution in [3.8, 4) is 11.5 Å². The van der Waals surface area contributed by atoms with Gasteiger partial charge in [-0.3, -0.25) is 0 Å². The number of fused-ring (bicyclic) bond motifs is 4. The van der Waals surface area contributed by atoms with E-state index in [0.29, 0.717) is 35.1 Å². The van der Waals surface area contributed by atoms with Gasteiger partial charge in [0.25, 0.3) is 0 Å². The summed E-state index contributed by atoms with van der Waals surface area (Å²) in [7, 11) is 0. The highest BCUT2D eigenvalue weighted by atomic mass is 16.7. The molecule has 0 saturated heterocycles. The molecule has 0 saturated carbocycles. The second kappa shape index (κ2) is 4.59. The Hall–Kier alpha value is -2.83. The van der Waals surface area contributed by atoms with Crippen LogP contribution in [0.3, 0.4) is 0 Å². The number of hydrogen-bond donors (Lipinski definition) is 0. The second-order valence-corrected chi connectivity index (χ2v) is 4.94. The summed E-state index contributed by atoms with van der Waals surface area (Å²) >= 11 is 0. The highest BCUT2D eigenvalue weighted by Gasteiger charge is 2.22. The van der Waals surface area contributed by atoms with Crippen molar-refractivity contribution >= 4 is 22.4 Å². The van der Waals surface area contributed by atoms with Crippen LogP contribution in [0.2, 0.25) is 0 Å². The number of carbonyl (C=O) groups is 1. The molecule has 22 heavy (non-hydrogen) atoms. The van der Waals surface area contributed by atoms with Crippen molar-refractivity contribution in [3.63, 3.8) is 0 Å². The topological polar surface area (TPSA) is 75.0 Å². The van der Waals surface area contributed by atoms with Gasteiger partial charge in [-0.2, -0.15) is 5.10 Å². The van der Waals surface area contributed by atoms with E-state index in [1.54, 1.807) is 20.0 Å². The van der Waals surface area contributed by atoms with E-state index < -0.39 is 5.97 Å². The largest absolute Gasteiger partial charge is 0.461 e. The molecule has 0 amide bonds. The molecule has 1 aromatic carbocycles. The van der Waals surface area contributed by atoms with Crippen LogP contribution in [0.5, 0.6) is 11.5 Å². The van der Waals surface area contributed by atoms with Crippen LogP contribution in [0.15, 0.2) is 18.3 Å². The van der Waals surface area contributed by atoms with Crippen LogP contribution in [0.4, 0.5) is 0 Å². The van der Waals surface area contributed by atoms with Gasteiger partial charge in [-0.1, -0.05) is 0 Å². The van der Waals surface area contributed by atoms with Crippen LogP contribution in [-0.4, -0.2) is 34.0 Å². The van der Waals surface area contributed by atoms with Gasteiger partial charge in [-0.15, -0.1) is 0 Å². The van der Waals surface area contributed by atoms with Crippen LogP contribution in [0.25, 0.3) is 16.4 Å². The molecule has 7 nitrogen and oxygen atoms in total. The standard InChI is InChI=1S/C15H13N3O4/c1-3-20-15(19)13-8(2)17-14-10-5-12-11(21-7-22-12)4-9(10)6-16-18(13)14/h4-6H,3,7H2,1-2H3. The molecule has 0 spiro atoms. The number of carbonyl (C=O) groups excluding carboxylic acids is 1. The van der Waals surface area contributed by atoms with E-state index in [1.165, 1.54) is 4.52 Å².